The van der Waals surface area contributed by atoms with E-state index in [1.807, 2.05) is 38.1 Å². The molecule has 0 aliphatic carbocycles. The van der Waals surface area contributed by atoms with Crippen molar-refractivity contribution < 1.29 is 13.2 Å². The molecule has 0 saturated carbocycles. The van der Waals surface area contributed by atoms with Gasteiger partial charge < -0.3 is 5.32 Å². The molecular formula is C22H22N2O3S2. The molecule has 3 aromatic carbocycles. The molecular weight excluding hydrogens is 404 g/mol. The zero-order chi connectivity index (χ0) is 20.9. The summed E-state index contributed by atoms with van der Waals surface area (Å²) in [6, 6.07) is 21.3. The number of rotatable bonds is 7. The Balaban J connectivity index is 1.56. The fourth-order valence-corrected chi connectivity index (χ4v) is 4.38. The highest BCUT2D eigenvalue weighted by atomic mass is 32.2. The Kier molecular flexibility index (Phi) is 6.61. The van der Waals surface area contributed by atoms with Crippen molar-refractivity contribution in [2.75, 3.05) is 15.8 Å². The van der Waals surface area contributed by atoms with E-state index in [1.165, 1.54) is 11.8 Å². The topological polar surface area (TPSA) is 75.3 Å². The molecule has 150 valence electrons. The predicted molar refractivity (Wildman–Crippen MR) is 119 cm³/mol. The maximum atomic E-state index is 12.4. The van der Waals surface area contributed by atoms with Crippen LogP contribution in [0.4, 0.5) is 11.4 Å². The molecule has 0 fully saturated rings. The molecule has 3 rings (SSSR count). The molecule has 0 heterocycles. The normalized spacial score (nSPS) is 11.1. The Labute approximate surface area is 175 Å². The number of carbonyl (C=O) groups is 1. The molecule has 29 heavy (non-hydrogen) atoms. The highest BCUT2D eigenvalue weighted by Gasteiger charge is 2.13. The van der Waals surface area contributed by atoms with Gasteiger partial charge in [-0.25, -0.2) is 8.42 Å². The first-order valence-corrected chi connectivity index (χ1v) is 11.5. The van der Waals surface area contributed by atoms with Crippen molar-refractivity contribution in [3.63, 3.8) is 0 Å². The van der Waals surface area contributed by atoms with E-state index in [0.717, 1.165) is 21.7 Å². The number of carbonyl (C=O) groups excluding carboxylic acids is 1. The zero-order valence-electron chi connectivity index (χ0n) is 16.2. The number of hydrogen-bond donors (Lipinski definition) is 2. The van der Waals surface area contributed by atoms with Gasteiger partial charge in [0.25, 0.3) is 10.0 Å². The van der Waals surface area contributed by atoms with Gasteiger partial charge in [0.2, 0.25) is 5.91 Å². The molecule has 0 bridgehead atoms. The highest BCUT2D eigenvalue weighted by Crippen LogP contribution is 2.23. The van der Waals surface area contributed by atoms with Gasteiger partial charge in [-0.3, -0.25) is 9.52 Å². The van der Waals surface area contributed by atoms with Crippen molar-refractivity contribution in [2.24, 2.45) is 0 Å². The lowest BCUT2D eigenvalue weighted by Crippen LogP contribution is -2.14. The molecule has 0 aromatic heterocycles. The Morgan fingerprint density at radius 1 is 0.862 bits per heavy atom. The number of benzene rings is 3. The van der Waals surface area contributed by atoms with Crippen molar-refractivity contribution in [3.8, 4) is 0 Å². The van der Waals surface area contributed by atoms with E-state index in [2.05, 4.69) is 10.0 Å². The lowest BCUT2D eigenvalue weighted by atomic mass is 10.2. The van der Waals surface area contributed by atoms with Crippen LogP contribution < -0.4 is 10.0 Å². The molecule has 0 atom stereocenters. The maximum absolute atomic E-state index is 12.4. The average Bonchev–Trinajstić information content (AvgIpc) is 2.67. The lowest BCUT2D eigenvalue weighted by Gasteiger charge is -2.09. The largest absolute Gasteiger partial charge is 0.325 e. The van der Waals surface area contributed by atoms with Crippen LogP contribution in [0.15, 0.2) is 82.6 Å². The van der Waals surface area contributed by atoms with E-state index in [0.29, 0.717) is 5.69 Å². The summed E-state index contributed by atoms with van der Waals surface area (Å²) >= 11 is 1.39. The molecule has 0 spiro atoms. The molecule has 0 aliphatic heterocycles. The Hall–Kier alpha value is -2.77. The highest BCUT2D eigenvalue weighted by molar-refractivity contribution is 8.00. The summed E-state index contributed by atoms with van der Waals surface area (Å²) in [5.74, 6) is 0.173. The zero-order valence-corrected chi connectivity index (χ0v) is 17.8. The Morgan fingerprint density at radius 3 is 2.21 bits per heavy atom. The molecule has 0 unspecified atom stereocenters. The third-order valence-corrected chi connectivity index (χ3v) is 6.52. The number of sulfonamides is 1. The summed E-state index contributed by atoms with van der Waals surface area (Å²) in [6.45, 7) is 3.88. The smallest absolute Gasteiger partial charge is 0.261 e. The van der Waals surface area contributed by atoms with Crippen LogP contribution in [-0.4, -0.2) is 20.1 Å². The third kappa shape index (κ3) is 6.10. The van der Waals surface area contributed by atoms with Gasteiger partial charge in [0.05, 0.1) is 10.6 Å². The molecule has 0 radical (unpaired) electrons. The Bertz CT molecular complexity index is 1090. The first-order chi connectivity index (χ1) is 13.8. The van der Waals surface area contributed by atoms with E-state index in [1.54, 1.807) is 48.5 Å². The van der Waals surface area contributed by atoms with Gasteiger partial charge in [0.1, 0.15) is 0 Å². The van der Waals surface area contributed by atoms with E-state index in [9.17, 15) is 13.2 Å². The second kappa shape index (κ2) is 9.15. The standard InChI is InChI=1S/C22H22N2O3S2/c1-16-6-12-21(13-7-16)29(26,27)24-18-8-10-20(11-9-18)28-15-22(25)23-19-5-3-4-17(2)14-19/h3-14,24H,15H2,1-2H3,(H,23,25). The van der Waals surface area contributed by atoms with Gasteiger partial charge in [0, 0.05) is 16.3 Å². The molecule has 5 nitrogen and oxygen atoms in total. The maximum Gasteiger partial charge on any atom is 0.261 e. The number of aryl methyl sites for hydroxylation is 2. The van der Waals surface area contributed by atoms with E-state index in [-0.39, 0.29) is 16.6 Å². The van der Waals surface area contributed by atoms with Crippen molar-refractivity contribution in [2.45, 2.75) is 23.6 Å². The van der Waals surface area contributed by atoms with Gasteiger partial charge in [0.15, 0.2) is 0 Å². The van der Waals surface area contributed by atoms with Crippen molar-refractivity contribution >= 4 is 39.1 Å². The SMILES string of the molecule is Cc1ccc(S(=O)(=O)Nc2ccc(SCC(=O)Nc3cccc(C)c3)cc2)cc1. The van der Waals surface area contributed by atoms with Crippen LogP contribution >= 0.6 is 11.8 Å². The minimum Gasteiger partial charge on any atom is -0.325 e. The molecule has 0 aliphatic rings. The van der Waals surface area contributed by atoms with Crippen LogP contribution in [0, 0.1) is 13.8 Å². The minimum atomic E-state index is -3.63. The van der Waals surface area contributed by atoms with Crippen LogP contribution in [-0.2, 0) is 14.8 Å². The monoisotopic (exact) mass is 426 g/mol. The molecule has 1 amide bonds. The minimum absolute atomic E-state index is 0.0928. The second-order valence-corrected chi connectivity index (χ2v) is 9.38. The fourth-order valence-electron chi connectivity index (χ4n) is 2.62. The number of anilines is 2. The lowest BCUT2D eigenvalue weighted by molar-refractivity contribution is -0.113. The van der Waals surface area contributed by atoms with Crippen LogP contribution in [0.1, 0.15) is 11.1 Å². The summed E-state index contributed by atoms with van der Waals surface area (Å²) in [7, 11) is -3.63. The van der Waals surface area contributed by atoms with E-state index < -0.39 is 10.0 Å². The van der Waals surface area contributed by atoms with Crippen LogP contribution in [0.25, 0.3) is 0 Å². The van der Waals surface area contributed by atoms with Crippen molar-refractivity contribution in [3.05, 3.63) is 83.9 Å². The van der Waals surface area contributed by atoms with Crippen LogP contribution in [0.3, 0.4) is 0 Å². The quantitative estimate of drug-likeness (QED) is 0.531. The Morgan fingerprint density at radius 2 is 1.55 bits per heavy atom. The van der Waals surface area contributed by atoms with Gasteiger partial charge >= 0.3 is 0 Å². The van der Waals surface area contributed by atoms with Gasteiger partial charge in [-0.05, 0) is 67.9 Å². The average molecular weight is 427 g/mol. The van der Waals surface area contributed by atoms with Crippen LogP contribution in [0.2, 0.25) is 0 Å². The predicted octanol–water partition coefficient (Wildman–Crippen LogP) is 4.84. The molecule has 2 N–H and O–H groups in total. The van der Waals surface area contributed by atoms with E-state index in [4.69, 9.17) is 0 Å². The first-order valence-electron chi connectivity index (χ1n) is 9.01. The number of thioether (sulfide) groups is 1. The van der Waals surface area contributed by atoms with Gasteiger partial charge in [-0.15, -0.1) is 11.8 Å². The summed E-state index contributed by atoms with van der Waals surface area (Å²) < 4.78 is 27.4. The molecule has 7 heteroatoms. The van der Waals surface area contributed by atoms with Gasteiger partial charge in [-0.1, -0.05) is 29.8 Å². The third-order valence-electron chi connectivity index (χ3n) is 4.11. The number of hydrogen-bond acceptors (Lipinski definition) is 4. The van der Waals surface area contributed by atoms with Gasteiger partial charge in [-0.2, -0.15) is 0 Å². The fraction of sp³-hybridized carbons (Fsp3) is 0.136. The summed E-state index contributed by atoms with van der Waals surface area (Å²) in [4.78, 5) is 13.2. The van der Waals surface area contributed by atoms with E-state index >= 15 is 0 Å². The second-order valence-electron chi connectivity index (χ2n) is 6.65. The summed E-state index contributed by atoms with van der Waals surface area (Å²) in [6.07, 6.45) is 0. The van der Waals surface area contributed by atoms with Crippen LogP contribution in [0.5, 0.6) is 0 Å². The molecule has 0 saturated heterocycles. The summed E-state index contributed by atoms with van der Waals surface area (Å²) in [5, 5.41) is 2.87. The number of nitrogens with one attached hydrogen (secondary N) is 2. The first kappa shape index (κ1) is 21.0. The van der Waals surface area contributed by atoms with Crippen molar-refractivity contribution in [1.82, 2.24) is 0 Å². The van der Waals surface area contributed by atoms with Crippen molar-refractivity contribution in [1.29, 1.82) is 0 Å². The number of amides is 1. The molecule has 3 aromatic rings. The summed E-state index contributed by atoms with van der Waals surface area (Å²) in [5.41, 5.74) is 3.33.